The average Bonchev–Trinajstić information content (AvgIpc) is 2.98. The lowest BCUT2D eigenvalue weighted by atomic mass is 10.1. The Balaban J connectivity index is 1.53. The van der Waals surface area contributed by atoms with Gasteiger partial charge in [-0.1, -0.05) is 35.6 Å². The molecule has 0 aromatic heterocycles. The molecule has 0 atom stereocenters. The number of aliphatic hydroxyl groups excluding tert-OH is 1. The van der Waals surface area contributed by atoms with E-state index in [1.54, 1.807) is 36.4 Å². The largest absolute Gasteiger partial charge is 0.417 e. The molecule has 3 aromatic rings. The predicted octanol–water partition coefficient (Wildman–Crippen LogP) is 5.77. The van der Waals surface area contributed by atoms with Crippen LogP contribution in [0.2, 0.25) is 5.02 Å². The molecule has 0 unspecified atom stereocenters. The smallest absolute Gasteiger partial charge is 0.395 e. The minimum Gasteiger partial charge on any atom is -0.395 e. The number of piperidine rings is 1. The normalized spacial score (nSPS) is 13.2. The predicted molar refractivity (Wildman–Crippen MR) is 156 cm³/mol. The summed E-state index contributed by atoms with van der Waals surface area (Å²) in [6, 6.07) is 15.4. The van der Waals surface area contributed by atoms with E-state index in [4.69, 9.17) is 16.7 Å². The molecule has 0 bridgehead atoms. The molecule has 0 saturated carbocycles. The highest BCUT2D eigenvalue weighted by atomic mass is 35.5. The first kappa shape index (κ1) is 30.9. The number of alkyl halides is 3. The standard InChI is InChI=1S/C31H30ClF3N4O3/c32-27-12-10-22(18-26(27)31(33,34)35)20-36-38-30(42)25-19-24(39-14-3-1-4-15-39)11-13-28(25)37-29(41)23-9-6-8-21(17-23)7-2-5-16-40/h6,8-13,17-19,36,40H,1,3-5,14-16,20H2,(H,37,41)(H,38,42). The van der Waals surface area contributed by atoms with Crippen LogP contribution >= 0.6 is 11.6 Å². The molecule has 11 heteroatoms. The number of carbonyl (C=O) groups is 2. The van der Waals surface area contributed by atoms with Gasteiger partial charge >= 0.3 is 6.18 Å². The highest BCUT2D eigenvalue weighted by molar-refractivity contribution is 6.31. The fraction of sp³-hybridized carbons (Fsp3) is 0.290. The zero-order chi connectivity index (χ0) is 30.1. The third-order valence-electron chi connectivity index (χ3n) is 6.64. The Hall–Kier alpha value is -4.04. The Morgan fingerprint density at radius 2 is 1.76 bits per heavy atom. The fourth-order valence-corrected chi connectivity index (χ4v) is 4.75. The molecule has 1 heterocycles. The molecule has 1 fully saturated rings. The molecule has 42 heavy (non-hydrogen) atoms. The number of hydrogen-bond acceptors (Lipinski definition) is 5. The van der Waals surface area contributed by atoms with Gasteiger partial charge in [-0.2, -0.15) is 13.2 Å². The molecular formula is C31H30ClF3N4O3. The molecule has 0 aliphatic carbocycles. The Kier molecular flexibility index (Phi) is 10.5. The van der Waals surface area contributed by atoms with Crippen molar-refractivity contribution in [2.45, 2.75) is 38.4 Å². The van der Waals surface area contributed by atoms with E-state index < -0.39 is 28.6 Å². The van der Waals surface area contributed by atoms with Gasteiger partial charge in [0.15, 0.2) is 0 Å². The van der Waals surface area contributed by atoms with Gasteiger partial charge in [0.25, 0.3) is 11.8 Å². The van der Waals surface area contributed by atoms with Crippen molar-refractivity contribution in [1.82, 2.24) is 10.9 Å². The van der Waals surface area contributed by atoms with Gasteiger partial charge in [0.2, 0.25) is 0 Å². The van der Waals surface area contributed by atoms with E-state index in [-0.39, 0.29) is 30.0 Å². The van der Waals surface area contributed by atoms with Gasteiger partial charge in [0.1, 0.15) is 0 Å². The molecule has 7 nitrogen and oxygen atoms in total. The molecule has 3 aromatic carbocycles. The minimum atomic E-state index is -4.61. The van der Waals surface area contributed by atoms with Gasteiger partial charge in [-0.15, -0.1) is 0 Å². The molecule has 0 spiro atoms. The SMILES string of the molecule is O=C(Nc1ccc(N2CCCCC2)cc1C(=O)NNCc1ccc(Cl)c(C(F)(F)F)c1)c1cccc(C#CCCO)c1. The van der Waals surface area contributed by atoms with Crippen LogP contribution in [0.25, 0.3) is 0 Å². The Morgan fingerprint density at radius 1 is 0.976 bits per heavy atom. The molecule has 4 N–H and O–H groups in total. The number of aliphatic hydroxyl groups is 1. The monoisotopic (exact) mass is 598 g/mol. The molecule has 1 aliphatic heterocycles. The van der Waals surface area contributed by atoms with E-state index >= 15 is 0 Å². The molecule has 4 rings (SSSR count). The molecular weight excluding hydrogens is 569 g/mol. The number of amides is 2. The third-order valence-corrected chi connectivity index (χ3v) is 6.97. The number of benzene rings is 3. The quantitative estimate of drug-likeness (QED) is 0.195. The van der Waals surface area contributed by atoms with Crippen LogP contribution in [-0.4, -0.2) is 36.6 Å². The van der Waals surface area contributed by atoms with Crippen molar-refractivity contribution in [2.75, 3.05) is 29.9 Å². The van der Waals surface area contributed by atoms with Crippen molar-refractivity contribution in [1.29, 1.82) is 0 Å². The van der Waals surface area contributed by atoms with Crippen LogP contribution < -0.4 is 21.1 Å². The first-order valence-electron chi connectivity index (χ1n) is 13.4. The molecule has 1 aliphatic rings. The second-order valence-corrected chi connectivity index (χ2v) is 10.1. The summed E-state index contributed by atoms with van der Waals surface area (Å²) in [6.07, 6.45) is -1.11. The summed E-state index contributed by atoms with van der Waals surface area (Å²) in [6.45, 7) is 1.53. The number of carbonyl (C=O) groups excluding carboxylic acids is 2. The minimum absolute atomic E-state index is 0.0609. The zero-order valence-electron chi connectivity index (χ0n) is 22.7. The maximum absolute atomic E-state index is 13.3. The first-order valence-corrected chi connectivity index (χ1v) is 13.8. The van der Waals surface area contributed by atoms with Crippen LogP contribution in [0.1, 0.15) is 63.1 Å². The summed E-state index contributed by atoms with van der Waals surface area (Å²) in [5.74, 6) is 4.69. The number of hydrazine groups is 1. The zero-order valence-corrected chi connectivity index (χ0v) is 23.4. The van der Waals surface area contributed by atoms with Gasteiger partial charge in [0.05, 0.1) is 28.4 Å². The van der Waals surface area contributed by atoms with E-state index in [0.29, 0.717) is 17.5 Å². The number of halogens is 4. The second-order valence-electron chi connectivity index (χ2n) is 9.71. The van der Waals surface area contributed by atoms with Gasteiger partial charge in [0, 0.05) is 42.9 Å². The number of nitrogens with one attached hydrogen (secondary N) is 3. The summed E-state index contributed by atoms with van der Waals surface area (Å²) in [7, 11) is 0. The highest BCUT2D eigenvalue weighted by Gasteiger charge is 2.33. The summed E-state index contributed by atoms with van der Waals surface area (Å²) in [4.78, 5) is 28.6. The Morgan fingerprint density at radius 3 is 2.50 bits per heavy atom. The van der Waals surface area contributed by atoms with Crippen LogP contribution in [0.3, 0.4) is 0 Å². The van der Waals surface area contributed by atoms with Crippen LogP contribution in [0.5, 0.6) is 0 Å². The van der Waals surface area contributed by atoms with Crippen molar-refractivity contribution in [3.8, 4) is 11.8 Å². The van der Waals surface area contributed by atoms with Crippen LogP contribution in [-0.2, 0) is 12.7 Å². The van der Waals surface area contributed by atoms with Crippen molar-refractivity contribution >= 4 is 34.8 Å². The lowest BCUT2D eigenvalue weighted by Gasteiger charge is -2.29. The van der Waals surface area contributed by atoms with Gasteiger partial charge < -0.3 is 15.3 Å². The van der Waals surface area contributed by atoms with Crippen molar-refractivity contribution in [3.05, 3.63) is 93.5 Å². The van der Waals surface area contributed by atoms with Crippen LogP contribution in [0.4, 0.5) is 24.5 Å². The van der Waals surface area contributed by atoms with E-state index in [0.717, 1.165) is 50.2 Å². The maximum Gasteiger partial charge on any atom is 0.417 e. The summed E-state index contributed by atoms with van der Waals surface area (Å²) in [5.41, 5.74) is 6.72. The number of rotatable bonds is 8. The summed E-state index contributed by atoms with van der Waals surface area (Å²) in [5, 5.41) is 11.3. The first-order chi connectivity index (χ1) is 20.2. The highest BCUT2D eigenvalue weighted by Crippen LogP contribution is 2.35. The van der Waals surface area contributed by atoms with Crippen LogP contribution in [0.15, 0.2) is 60.7 Å². The third kappa shape index (κ3) is 8.26. The fourth-order valence-electron chi connectivity index (χ4n) is 4.52. The average molecular weight is 599 g/mol. The van der Waals surface area contributed by atoms with Crippen molar-refractivity contribution in [2.24, 2.45) is 0 Å². The number of nitrogens with zero attached hydrogens (tertiary/aromatic N) is 1. The number of hydrogen-bond donors (Lipinski definition) is 4. The molecule has 0 radical (unpaired) electrons. The van der Waals surface area contributed by atoms with Crippen LogP contribution in [0, 0.1) is 11.8 Å². The van der Waals surface area contributed by atoms with Gasteiger partial charge in [-0.05, 0) is 73.4 Å². The summed E-state index contributed by atoms with van der Waals surface area (Å²) < 4.78 is 39.7. The van der Waals surface area contributed by atoms with Gasteiger partial charge in [-0.3, -0.25) is 15.0 Å². The van der Waals surface area contributed by atoms with Crippen molar-refractivity contribution in [3.63, 3.8) is 0 Å². The van der Waals surface area contributed by atoms with E-state index in [1.165, 1.54) is 6.07 Å². The molecule has 1 saturated heterocycles. The van der Waals surface area contributed by atoms with E-state index in [2.05, 4.69) is 32.9 Å². The Labute approximate surface area is 247 Å². The lowest BCUT2D eigenvalue weighted by molar-refractivity contribution is -0.137. The maximum atomic E-state index is 13.3. The molecule has 220 valence electrons. The topological polar surface area (TPSA) is 93.7 Å². The van der Waals surface area contributed by atoms with E-state index in [1.807, 2.05) is 6.07 Å². The lowest BCUT2D eigenvalue weighted by Crippen LogP contribution is -2.37. The Bertz CT molecular complexity index is 1490. The molecule has 2 amide bonds. The number of anilines is 2. The summed E-state index contributed by atoms with van der Waals surface area (Å²) >= 11 is 5.70. The van der Waals surface area contributed by atoms with Gasteiger partial charge in [-0.25, -0.2) is 5.43 Å². The van der Waals surface area contributed by atoms with E-state index in [9.17, 15) is 22.8 Å². The van der Waals surface area contributed by atoms with Crippen molar-refractivity contribution < 1.29 is 27.9 Å². The second kappa shape index (κ2) is 14.2.